The number of nitrogens with one attached hydrogen (secondary N) is 2. The standard InChI is InChI=1S/C29H36FN3O5/c1-18-5-3-4-6-25(18)31-29(37)32-26-12-7-20(13-19(26)2)14-27(34)33-16-22(30)15-23(33)17-38-24-10-8-21(9-11-24)28(35)36/h3-7,12-13,21-24H,8-11,14-17H2,1-2H3,(H,35,36)(H2,31,32,37)/t21?,22-,23-,24?/m0/s1. The van der Waals surface area contributed by atoms with Crippen LogP contribution in [-0.4, -0.2) is 59.4 Å². The number of ether oxygens (including phenoxy) is 1. The molecule has 2 fully saturated rings. The van der Waals surface area contributed by atoms with Crippen molar-refractivity contribution in [2.24, 2.45) is 5.92 Å². The number of carboxylic acids is 1. The van der Waals surface area contributed by atoms with Gasteiger partial charge >= 0.3 is 12.0 Å². The van der Waals surface area contributed by atoms with Crippen LogP contribution in [0.3, 0.4) is 0 Å². The lowest BCUT2D eigenvalue weighted by Crippen LogP contribution is -2.40. The van der Waals surface area contributed by atoms with Crippen LogP contribution in [-0.2, 0) is 20.7 Å². The molecule has 0 spiro atoms. The molecule has 1 heterocycles. The zero-order chi connectivity index (χ0) is 27.2. The molecule has 3 amide bonds. The van der Waals surface area contributed by atoms with Gasteiger partial charge in [-0.3, -0.25) is 9.59 Å². The highest BCUT2D eigenvalue weighted by Gasteiger charge is 2.36. The molecule has 9 heteroatoms. The molecule has 2 aromatic rings. The molecule has 0 aromatic heterocycles. The van der Waals surface area contributed by atoms with E-state index in [0.717, 1.165) is 22.4 Å². The van der Waals surface area contributed by atoms with Gasteiger partial charge in [-0.25, -0.2) is 9.18 Å². The minimum absolute atomic E-state index is 0.0492. The quantitative estimate of drug-likeness (QED) is 0.445. The maximum atomic E-state index is 14.3. The molecule has 2 aromatic carbocycles. The number of urea groups is 1. The predicted octanol–water partition coefficient (Wildman–Crippen LogP) is 5.09. The average molecular weight is 526 g/mol. The number of halogens is 1. The van der Waals surface area contributed by atoms with Crippen molar-refractivity contribution in [3.05, 3.63) is 59.2 Å². The van der Waals surface area contributed by atoms with E-state index in [4.69, 9.17) is 9.84 Å². The fourth-order valence-corrected chi connectivity index (χ4v) is 5.29. The SMILES string of the molecule is Cc1ccccc1NC(=O)Nc1ccc(CC(=O)N2C[C@@H](F)C[C@H]2COC2CCC(C(=O)O)CC2)cc1C. The number of aliphatic carboxylic acids is 1. The van der Waals surface area contributed by atoms with Crippen molar-refractivity contribution in [1.29, 1.82) is 0 Å². The molecule has 3 N–H and O–H groups in total. The third kappa shape index (κ3) is 7.10. The number of alkyl halides is 1. The van der Waals surface area contributed by atoms with Crippen LogP contribution in [0.2, 0.25) is 0 Å². The summed E-state index contributed by atoms with van der Waals surface area (Å²) < 4.78 is 20.3. The first-order valence-electron chi connectivity index (χ1n) is 13.2. The Labute approximate surface area is 222 Å². The van der Waals surface area contributed by atoms with Crippen molar-refractivity contribution in [3.8, 4) is 0 Å². The molecule has 2 aliphatic rings. The van der Waals surface area contributed by atoms with E-state index in [1.165, 1.54) is 0 Å². The molecule has 0 bridgehead atoms. The van der Waals surface area contributed by atoms with E-state index < -0.39 is 12.1 Å². The van der Waals surface area contributed by atoms with Crippen molar-refractivity contribution >= 4 is 29.3 Å². The van der Waals surface area contributed by atoms with E-state index in [2.05, 4.69) is 10.6 Å². The number of aryl methyl sites for hydroxylation is 2. The van der Waals surface area contributed by atoms with Crippen molar-refractivity contribution < 1.29 is 28.6 Å². The van der Waals surface area contributed by atoms with E-state index in [0.29, 0.717) is 31.4 Å². The maximum absolute atomic E-state index is 14.3. The number of anilines is 2. The van der Waals surface area contributed by atoms with Crippen molar-refractivity contribution in [2.45, 2.75) is 70.7 Å². The van der Waals surface area contributed by atoms with Gasteiger partial charge in [-0.1, -0.05) is 30.3 Å². The van der Waals surface area contributed by atoms with Gasteiger partial charge in [-0.05, 0) is 68.4 Å². The van der Waals surface area contributed by atoms with Crippen molar-refractivity contribution in [2.75, 3.05) is 23.8 Å². The van der Waals surface area contributed by atoms with Crippen LogP contribution < -0.4 is 10.6 Å². The molecule has 1 aliphatic heterocycles. The third-order valence-corrected chi connectivity index (χ3v) is 7.52. The third-order valence-electron chi connectivity index (χ3n) is 7.52. The van der Waals surface area contributed by atoms with Crippen molar-refractivity contribution in [1.82, 2.24) is 4.90 Å². The first kappa shape index (κ1) is 27.6. The minimum atomic E-state index is -1.09. The highest BCUT2D eigenvalue weighted by Crippen LogP contribution is 2.28. The summed E-state index contributed by atoms with van der Waals surface area (Å²) in [5.74, 6) is -1.24. The second-order valence-corrected chi connectivity index (χ2v) is 10.4. The zero-order valence-electron chi connectivity index (χ0n) is 21.9. The number of nitrogens with zero attached hydrogens (tertiary/aromatic N) is 1. The molecule has 38 heavy (non-hydrogen) atoms. The Hall–Kier alpha value is -3.46. The number of benzene rings is 2. The van der Waals surface area contributed by atoms with Crippen LogP contribution in [0.4, 0.5) is 20.6 Å². The topological polar surface area (TPSA) is 108 Å². The lowest BCUT2D eigenvalue weighted by molar-refractivity contribution is -0.144. The summed E-state index contributed by atoms with van der Waals surface area (Å²) in [4.78, 5) is 38.3. The smallest absolute Gasteiger partial charge is 0.323 e. The second kappa shape index (κ2) is 12.4. The minimum Gasteiger partial charge on any atom is -0.481 e. The Kier molecular flexibility index (Phi) is 8.99. The molecule has 1 aliphatic carbocycles. The number of carbonyl (C=O) groups is 3. The summed E-state index contributed by atoms with van der Waals surface area (Å²) in [5.41, 5.74) is 3.93. The molecule has 8 nitrogen and oxygen atoms in total. The first-order valence-corrected chi connectivity index (χ1v) is 13.2. The van der Waals surface area contributed by atoms with Gasteiger partial charge in [0.15, 0.2) is 0 Å². The van der Waals surface area contributed by atoms with E-state index >= 15 is 0 Å². The fourth-order valence-electron chi connectivity index (χ4n) is 5.29. The molecule has 4 rings (SSSR count). The molecule has 1 saturated heterocycles. The number of para-hydroxylation sites is 1. The number of amides is 3. The van der Waals surface area contributed by atoms with E-state index in [-0.39, 0.29) is 56.0 Å². The summed E-state index contributed by atoms with van der Waals surface area (Å²) in [6.45, 7) is 4.09. The number of carboxylic acid groups (broad SMARTS) is 1. The molecule has 1 saturated carbocycles. The van der Waals surface area contributed by atoms with Gasteiger partial charge in [-0.2, -0.15) is 0 Å². The van der Waals surface area contributed by atoms with Crippen LogP contribution in [0.1, 0.15) is 48.8 Å². The number of likely N-dealkylation sites (tertiary alicyclic amines) is 1. The van der Waals surface area contributed by atoms with Gasteiger partial charge in [0.2, 0.25) is 5.91 Å². The molecule has 0 radical (unpaired) electrons. The summed E-state index contributed by atoms with van der Waals surface area (Å²) in [6, 6.07) is 12.3. The fraction of sp³-hybridized carbons (Fsp3) is 0.483. The first-order chi connectivity index (χ1) is 18.2. The lowest BCUT2D eigenvalue weighted by Gasteiger charge is -2.29. The van der Waals surface area contributed by atoms with Crippen LogP contribution in [0.15, 0.2) is 42.5 Å². The lowest BCUT2D eigenvalue weighted by atomic mass is 9.87. The molecule has 204 valence electrons. The molecular formula is C29H36FN3O5. The Bertz CT molecular complexity index is 1160. The highest BCUT2D eigenvalue weighted by atomic mass is 19.1. The number of carbonyl (C=O) groups excluding carboxylic acids is 2. The van der Waals surface area contributed by atoms with Gasteiger partial charge in [0.25, 0.3) is 0 Å². The number of hydrogen-bond donors (Lipinski definition) is 3. The Morgan fingerprint density at radius 3 is 2.34 bits per heavy atom. The van der Waals surface area contributed by atoms with Gasteiger partial charge in [0.1, 0.15) is 6.17 Å². The van der Waals surface area contributed by atoms with Crippen LogP contribution in [0.25, 0.3) is 0 Å². The van der Waals surface area contributed by atoms with E-state index in [9.17, 15) is 18.8 Å². The van der Waals surface area contributed by atoms with Gasteiger partial charge in [-0.15, -0.1) is 0 Å². The predicted molar refractivity (Wildman–Crippen MR) is 143 cm³/mol. The summed E-state index contributed by atoms with van der Waals surface area (Å²) >= 11 is 0. The highest BCUT2D eigenvalue weighted by molar-refractivity contribution is 6.00. The van der Waals surface area contributed by atoms with Crippen LogP contribution >= 0.6 is 0 Å². The normalized spacial score (nSPS) is 23.2. The average Bonchev–Trinajstić information content (AvgIpc) is 3.26. The number of rotatable bonds is 8. The molecule has 0 unspecified atom stereocenters. The second-order valence-electron chi connectivity index (χ2n) is 10.4. The molecule has 2 atom stereocenters. The summed E-state index contributed by atoms with van der Waals surface area (Å²) in [7, 11) is 0. The van der Waals surface area contributed by atoms with E-state index in [1.807, 2.05) is 44.2 Å². The van der Waals surface area contributed by atoms with Gasteiger partial charge in [0.05, 0.1) is 37.6 Å². The Morgan fingerprint density at radius 2 is 1.68 bits per heavy atom. The largest absolute Gasteiger partial charge is 0.481 e. The van der Waals surface area contributed by atoms with Crippen LogP contribution in [0.5, 0.6) is 0 Å². The summed E-state index contributed by atoms with van der Waals surface area (Å²) in [6.07, 6.45) is 1.73. The number of hydrogen-bond acceptors (Lipinski definition) is 4. The summed E-state index contributed by atoms with van der Waals surface area (Å²) in [5, 5.41) is 14.8. The van der Waals surface area contributed by atoms with E-state index in [1.54, 1.807) is 17.0 Å². The van der Waals surface area contributed by atoms with Crippen molar-refractivity contribution in [3.63, 3.8) is 0 Å². The van der Waals surface area contributed by atoms with Gasteiger partial charge < -0.3 is 25.4 Å². The monoisotopic (exact) mass is 525 g/mol. The maximum Gasteiger partial charge on any atom is 0.323 e. The molecular weight excluding hydrogens is 489 g/mol. The van der Waals surface area contributed by atoms with Crippen LogP contribution in [0, 0.1) is 19.8 Å². The zero-order valence-corrected chi connectivity index (χ0v) is 21.9. The Balaban J connectivity index is 1.30. The Morgan fingerprint density at radius 1 is 1.00 bits per heavy atom. The van der Waals surface area contributed by atoms with Gasteiger partial charge in [0, 0.05) is 17.8 Å².